The Morgan fingerprint density at radius 1 is 1.16 bits per heavy atom. The van der Waals surface area contributed by atoms with Crippen LogP contribution in [0.25, 0.3) is 0 Å². The molecule has 0 amide bonds. The van der Waals surface area contributed by atoms with Crippen molar-refractivity contribution in [2.75, 3.05) is 20.2 Å². The molecule has 1 aliphatic carbocycles. The van der Waals surface area contributed by atoms with E-state index >= 15 is 0 Å². The van der Waals surface area contributed by atoms with Gasteiger partial charge >= 0.3 is 0 Å². The Balaban J connectivity index is 1.42. The van der Waals surface area contributed by atoms with Gasteiger partial charge in [-0.05, 0) is 53.8 Å². The zero-order valence-electron chi connectivity index (χ0n) is 18.3. The molecule has 2 aromatic carbocycles. The van der Waals surface area contributed by atoms with Crippen LogP contribution in [-0.4, -0.2) is 34.6 Å². The van der Waals surface area contributed by atoms with Crippen molar-refractivity contribution in [1.82, 2.24) is 0 Å². The normalized spacial score (nSPS) is 21.7. The Bertz CT molecular complexity index is 957. The van der Waals surface area contributed by atoms with E-state index in [-0.39, 0.29) is 30.7 Å². The van der Waals surface area contributed by atoms with Crippen molar-refractivity contribution in [3.8, 4) is 17.2 Å². The molecule has 7 heteroatoms. The Kier molecular flexibility index (Phi) is 6.08. The highest BCUT2D eigenvalue weighted by Gasteiger charge is 2.55. The predicted molar refractivity (Wildman–Crippen MR) is 118 cm³/mol. The van der Waals surface area contributed by atoms with Crippen molar-refractivity contribution in [2.45, 2.75) is 49.9 Å². The largest absolute Gasteiger partial charge is 0.464 e. The second-order valence-corrected chi connectivity index (χ2v) is 15.1. The molecule has 0 N–H and O–H groups in total. The average molecular weight is 445 g/mol. The summed E-state index contributed by atoms with van der Waals surface area (Å²) in [7, 11) is -1.16. The summed E-state index contributed by atoms with van der Waals surface area (Å²) >= 11 is 0. The van der Waals surface area contributed by atoms with Crippen LogP contribution >= 0.6 is 0 Å². The van der Waals surface area contributed by atoms with Crippen molar-refractivity contribution in [3.05, 3.63) is 53.3 Å². The topological polar surface area (TPSA) is 54.0 Å². The van der Waals surface area contributed by atoms with Crippen LogP contribution in [0.1, 0.15) is 29.9 Å². The van der Waals surface area contributed by atoms with Crippen molar-refractivity contribution in [3.63, 3.8) is 0 Å². The van der Waals surface area contributed by atoms with Gasteiger partial charge in [-0.2, -0.15) is 0 Å². The molecule has 31 heavy (non-hydrogen) atoms. The van der Waals surface area contributed by atoms with E-state index in [2.05, 4.69) is 19.6 Å². The van der Waals surface area contributed by atoms with Crippen LogP contribution < -0.4 is 14.2 Å². The highest BCUT2D eigenvalue weighted by atomic mass is 28.3. The maximum Gasteiger partial charge on any atom is 0.231 e. The molecule has 0 bridgehead atoms. The first-order valence-electron chi connectivity index (χ1n) is 10.7. The van der Waals surface area contributed by atoms with Gasteiger partial charge in [0.25, 0.3) is 0 Å². The molecule has 0 spiro atoms. The molecule has 0 aromatic heterocycles. The minimum Gasteiger partial charge on any atom is -0.464 e. The summed E-state index contributed by atoms with van der Waals surface area (Å²) < 4.78 is 36.5. The van der Waals surface area contributed by atoms with Gasteiger partial charge in [0.2, 0.25) is 6.79 Å². The fourth-order valence-electron chi connectivity index (χ4n) is 4.15. The van der Waals surface area contributed by atoms with Gasteiger partial charge in [-0.1, -0.05) is 31.8 Å². The lowest BCUT2D eigenvalue weighted by Gasteiger charge is -2.17. The van der Waals surface area contributed by atoms with E-state index in [4.69, 9.17) is 18.9 Å². The first-order chi connectivity index (χ1) is 14.8. The van der Waals surface area contributed by atoms with E-state index in [1.807, 2.05) is 24.3 Å². The molecule has 2 atom stereocenters. The second kappa shape index (κ2) is 8.63. The van der Waals surface area contributed by atoms with Crippen molar-refractivity contribution >= 4 is 14.4 Å². The van der Waals surface area contributed by atoms with E-state index in [1.54, 1.807) is 6.07 Å². The predicted octanol–water partition coefficient (Wildman–Crippen LogP) is 5.26. The van der Waals surface area contributed by atoms with Crippen molar-refractivity contribution in [1.29, 1.82) is 0 Å². The molecule has 5 nitrogen and oxygen atoms in total. The molecular formula is C24H29FO5Si. The molecule has 1 heterocycles. The van der Waals surface area contributed by atoms with Crippen LogP contribution in [0.15, 0.2) is 36.4 Å². The van der Waals surface area contributed by atoms with Crippen LogP contribution in [0.2, 0.25) is 25.7 Å². The summed E-state index contributed by atoms with van der Waals surface area (Å²) in [5.74, 6) is 1.24. The molecule has 0 saturated heterocycles. The molecular weight excluding hydrogens is 415 g/mol. The Hall–Kier alpha value is -2.38. The lowest BCUT2D eigenvalue weighted by molar-refractivity contribution is -0.108. The number of rotatable bonds is 10. The maximum atomic E-state index is 14.7. The van der Waals surface area contributed by atoms with Gasteiger partial charge in [0.15, 0.2) is 29.9 Å². The minimum atomic E-state index is -1.16. The van der Waals surface area contributed by atoms with Gasteiger partial charge in [-0.3, -0.25) is 0 Å². The number of halogens is 1. The van der Waals surface area contributed by atoms with Gasteiger partial charge in [0, 0.05) is 26.5 Å². The lowest BCUT2D eigenvalue weighted by Crippen LogP contribution is -2.22. The third-order valence-electron chi connectivity index (χ3n) is 6.12. The van der Waals surface area contributed by atoms with Crippen molar-refractivity contribution < 1.29 is 28.1 Å². The number of carbonyl (C=O) groups excluding carboxylic acids is 1. The van der Waals surface area contributed by atoms with E-state index in [0.717, 1.165) is 29.9 Å². The number of benzene rings is 2. The third-order valence-corrected chi connectivity index (χ3v) is 7.83. The first-order valence-corrected chi connectivity index (χ1v) is 14.4. The molecule has 1 saturated carbocycles. The smallest absolute Gasteiger partial charge is 0.231 e. The SMILES string of the molecule is C[Si](C)(C)CCOCOc1ccc(C2CC2(CC=O)c2ccc3c(c2)OCO3)cc1F. The standard InChI is InChI=1S/C24H29FO5Si/c1-31(2,3)11-10-27-15-28-21-6-4-17(12-20(21)25)19-14-24(19,8-9-26)18-5-7-22-23(13-18)30-16-29-22/h4-7,9,12-13,19H,8,10-11,14-16H2,1-3H3. The van der Waals surface area contributed by atoms with Gasteiger partial charge in [-0.25, -0.2) is 4.39 Å². The lowest BCUT2D eigenvalue weighted by atomic mass is 9.88. The van der Waals surface area contributed by atoms with Gasteiger partial charge < -0.3 is 23.7 Å². The van der Waals surface area contributed by atoms with Gasteiger partial charge in [-0.15, -0.1) is 0 Å². The third kappa shape index (κ3) is 4.77. The number of hydrogen-bond acceptors (Lipinski definition) is 5. The number of carbonyl (C=O) groups is 1. The van der Waals surface area contributed by atoms with Crippen molar-refractivity contribution in [2.24, 2.45) is 0 Å². The summed E-state index contributed by atoms with van der Waals surface area (Å²) in [5.41, 5.74) is 1.55. The summed E-state index contributed by atoms with van der Waals surface area (Å²) in [6.45, 7) is 7.71. The van der Waals surface area contributed by atoms with Crippen LogP contribution in [0, 0.1) is 5.82 Å². The first kappa shape index (κ1) is 21.8. The molecule has 1 aliphatic heterocycles. The molecule has 166 valence electrons. The van der Waals surface area contributed by atoms with E-state index in [9.17, 15) is 9.18 Å². The second-order valence-electron chi connectivity index (χ2n) is 9.52. The number of ether oxygens (including phenoxy) is 4. The number of aldehydes is 1. The molecule has 1 fully saturated rings. The fourth-order valence-corrected chi connectivity index (χ4v) is 4.91. The summed E-state index contributed by atoms with van der Waals surface area (Å²) in [6, 6.07) is 11.9. The van der Waals surface area contributed by atoms with E-state index in [1.165, 1.54) is 6.07 Å². The van der Waals surface area contributed by atoms with Crippen LogP contribution in [0.4, 0.5) is 4.39 Å². The van der Waals surface area contributed by atoms with E-state index < -0.39 is 13.9 Å². The number of hydrogen-bond donors (Lipinski definition) is 0. The van der Waals surface area contributed by atoms with Crippen LogP contribution in [0.5, 0.6) is 17.2 Å². The molecule has 2 aromatic rings. The minimum absolute atomic E-state index is 0.0381. The highest BCUT2D eigenvalue weighted by molar-refractivity contribution is 6.76. The highest BCUT2D eigenvalue weighted by Crippen LogP contribution is 2.63. The number of fused-ring (bicyclic) bond motifs is 1. The van der Waals surface area contributed by atoms with Gasteiger partial charge in [0.05, 0.1) is 0 Å². The fraction of sp³-hybridized carbons (Fsp3) is 0.458. The monoisotopic (exact) mass is 444 g/mol. The van der Waals surface area contributed by atoms with Crippen LogP contribution in [0.3, 0.4) is 0 Å². The maximum absolute atomic E-state index is 14.7. The Morgan fingerprint density at radius 3 is 2.71 bits per heavy atom. The van der Waals surface area contributed by atoms with E-state index in [0.29, 0.717) is 24.5 Å². The average Bonchev–Trinajstić information content (AvgIpc) is 3.25. The Morgan fingerprint density at radius 2 is 1.97 bits per heavy atom. The summed E-state index contributed by atoms with van der Waals surface area (Å²) in [4.78, 5) is 11.4. The summed E-state index contributed by atoms with van der Waals surface area (Å²) in [6.07, 6.45) is 2.10. The molecule has 4 rings (SSSR count). The Labute approximate surface area is 183 Å². The summed E-state index contributed by atoms with van der Waals surface area (Å²) in [5, 5.41) is 0. The molecule has 2 aliphatic rings. The van der Waals surface area contributed by atoms with Crippen LogP contribution in [-0.2, 0) is 14.9 Å². The molecule has 0 radical (unpaired) electrons. The quantitative estimate of drug-likeness (QED) is 0.217. The zero-order valence-corrected chi connectivity index (χ0v) is 19.3. The molecule has 2 unspecified atom stereocenters. The van der Waals surface area contributed by atoms with Gasteiger partial charge in [0.1, 0.15) is 6.29 Å². The zero-order chi connectivity index (χ0) is 22.1.